The van der Waals surface area contributed by atoms with Gasteiger partial charge in [0.2, 0.25) is 0 Å². The smallest absolute Gasteiger partial charge is 0.407 e. The van der Waals surface area contributed by atoms with Crippen molar-refractivity contribution in [1.29, 1.82) is 0 Å². The number of hydrogen-bond donors (Lipinski definition) is 2. The molecule has 6 nitrogen and oxygen atoms in total. The fraction of sp³-hybridized carbons (Fsp3) is 0.529. The minimum atomic E-state index is -0.519. The molecule has 7 heteroatoms. The van der Waals surface area contributed by atoms with Gasteiger partial charge in [-0.1, -0.05) is 0 Å². The molecule has 3 amide bonds. The van der Waals surface area contributed by atoms with Crippen molar-refractivity contribution >= 4 is 17.8 Å². The van der Waals surface area contributed by atoms with Crippen LogP contribution in [0.25, 0.3) is 0 Å². The predicted molar refractivity (Wildman–Crippen MR) is 87.1 cm³/mol. The van der Waals surface area contributed by atoms with Crippen molar-refractivity contribution in [2.45, 2.75) is 32.4 Å². The van der Waals surface area contributed by atoms with E-state index in [1.165, 1.54) is 24.3 Å². The van der Waals surface area contributed by atoms with Crippen molar-refractivity contribution < 1.29 is 18.7 Å². The molecule has 2 fully saturated rings. The van der Waals surface area contributed by atoms with Gasteiger partial charge in [-0.05, 0) is 45.0 Å². The molecule has 2 unspecified atom stereocenters. The van der Waals surface area contributed by atoms with E-state index >= 15 is 0 Å². The van der Waals surface area contributed by atoms with Crippen LogP contribution in [0.15, 0.2) is 24.3 Å². The lowest BCUT2D eigenvalue weighted by Crippen LogP contribution is -2.40. The molecule has 1 saturated carbocycles. The Labute approximate surface area is 140 Å². The Balaban J connectivity index is 1.45. The van der Waals surface area contributed by atoms with Crippen LogP contribution >= 0.6 is 0 Å². The van der Waals surface area contributed by atoms with Crippen LogP contribution in [-0.2, 0) is 4.74 Å². The highest BCUT2D eigenvalue weighted by Gasteiger charge is 2.57. The number of fused-ring (bicyclic) bond motifs is 1. The minimum Gasteiger partial charge on any atom is -0.444 e. The SMILES string of the molecule is CC(C)(C)OC(=O)NC1C2CN(C(=O)Nc3ccc(F)cc3)CC21. The van der Waals surface area contributed by atoms with Crippen LogP contribution in [0, 0.1) is 17.7 Å². The second-order valence-corrected chi connectivity index (χ2v) is 7.34. The van der Waals surface area contributed by atoms with Gasteiger partial charge in [0.05, 0.1) is 0 Å². The molecule has 1 aromatic rings. The van der Waals surface area contributed by atoms with Gasteiger partial charge >= 0.3 is 12.1 Å². The lowest BCUT2D eigenvalue weighted by atomic mass is 10.2. The molecule has 0 spiro atoms. The summed E-state index contributed by atoms with van der Waals surface area (Å²) in [7, 11) is 0. The highest BCUT2D eigenvalue weighted by molar-refractivity contribution is 5.89. The van der Waals surface area contributed by atoms with Crippen LogP contribution in [0.5, 0.6) is 0 Å². The Kier molecular flexibility index (Phi) is 4.11. The zero-order valence-corrected chi connectivity index (χ0v) is 14.0. The number of hydrogen-bond acceptors (Lipinski definition) is 3. The molecule has 2 N–H and O–H groups in total. The number of benzene rings is 1. The molecule has 1 saturated heterocycles. The van der Waals surface area contributed by atoms with E-state index in [1.54, 1.807) is 4.90 Å². The molecule has 0 aromatic heterocycles. The molecule has 3 rings (SSSR count). The first-order valence-corrected chi connectivity index (χ1v) is 8.04. The van der Waals surface area contributed by atoms with Crippen LogP contribution in [0.3, 0.4) is 0 Å². The molecule has 2 aliphatic rings. The highest BCUT2D eigenvalue weighted by Crippen LogP contribution is 2.45. The second-order valence-electron chi connectivity index (χ2n) is 7.34. The Morgan fingerprint density at radius 1 is 1.17 bits per heavy atom. The third-order valence-corrected chi connectivity index (χ3v) is 4.26. The van der Waals surface area contributed by atoms with Crippen molar-refractivity contribution in [1.82, 2.24) is 10.2 Å². The summed E-state index contributed by atoms with van der Waals surface area (Å²) in [5.74, 6) is 0.208. The molecule has 1 aliphatic carbocycles. The van der Waals surface area contributed by atoms with Crippen LogP contribution in [0.4, 0.5) is 19.7 Å². The number of carbonyl (C=O) groups is 2. The number of piperidine rings is 1. The number of amides is 3. The first-order valence-electron chi connectivity index (χ1n) is 8.04. The normalized spacial score (nSPS) is 25.0. The molecule has 1 aliphatic heterocycles. The molecule has 2 atom stereocenters. The summed E-state index contributed by atoms with van der Waals surface area (Å²) < 4.78 is 18.1. The first kappa shape index (κ1) is 16.5. The lowest BCUT2D eigenvalue weighted by Gasteiger charge is -2.22. The van der Waals surface area contributed by atoms with Crippen molar-refractivity contribution in [3.05, 3.63) is 30.1 Å². The van der Waals surface area contributed by atoms with Crippen LogP contribution < -0.4 is 10.6 Å². The molecular weight excluding hydrogens is 313 g/mol. The first-order chi connectivity index (χ1) is 11.2. The number of likely N-dealkylation sites (tertiary alicyclic amines) is 1. The summed E-state index contributed by atoms with van der Waals surface area (Å²) in [6.45, 7) is 6.65. The summed E-state index contributed by atoms with van der Waals surface area (Å²) in [4.78, 5) is 25.7. The third kappa shape index (κ3) is 3.77. The summed E-state index contributed by atoms with van der Waals surface area (Å²) >= 11 is 0. The summed E-state index contributed by atoms with van der Waals surface area (Å²) in [5, 5.41) is 5.61. The molecule has 0 bridgehead atoms. The van der Waals surface area contributed by atoms with Gasteiger partial charge in [0.1, 0.15) is 11.4 Å². The molecule has 0 radical (unpaired) electrons. The Bertz CT molecular complexity index is 629. The van der Waals surface area contributed by atoms with E-state index in [0.29, 0.717) is 18.8 Å². The Hall–Kier alpha value is -2.31. The maximum Gasteiger partial charge on any atom is 0.407 e. The van der Waals surface area contributed by atoms with Crippen molar-refractivity contribution in [3.8, 4) is 0 Å². The number of ether oxygens (including phenoxy) is 1. The van der Waals surface area contributed by atoms with Crippen LogP contribution in [-0.4, -0.2) is 41.8 Å². The maximum atomic E-state index is 12.9. The maximum absolute atomic E-state index is 12.9. The largest absolute Gasteiger partial charge is 0.444 e. The highest BCUT2D eigenvalue weighted by atomic mass is 19.1. The van der Waals surface area contributed by atoms with Gasteiger partial charge in [0, 0.05) is 36.7 Å². The minimum absolute atomic E-state index is 0.0784. The number of anilines is 1. The number of carbonyl (C=O) groups excluding carboxylic acids is 2. The van der Waals surface area contributed by atoms with E-state index < -0.39 is 11.7 Å². The average molecular weight is 335 g/mol. The fourth-order valence-corrected chi connectivity index (χ4v) is 3.09. The number of alkyl carbamates (subject to hydrolysis) is 1. The predicted octanol–water partition coefficient (Wildman–Crippen LogP) is 2.81. The number of urea groups is 1. The summed E-state index contributed by atoms with van der Waals surface area (Å²) in [6.07, 6.45) is -0.413. The third-order valence-electron chi connectivity index (χ3n) is 4.26. The number of nitrogens with one attached hydrogen (secondary N) is 2. The van der Waals surface area contributed by atoms with Gasteiger partial charge in [-0.2, -0.15) is 0 Å². The zero-order chi connectivity index (χ0) is 17.5. The molecule has 1 aromatic carbocycles. The number of halogens is 1. The van der Waals surface area contributed by atoms with E-state index in [9.17, 15) is 14.0 Å². The summed E-state index contributed by atoms with van der Waals surface area (Å²) in [6, 6.07) is 5.53. The van der Waals surface area contributed by atoms with E-state index in [2.05, 4.69) is 10.6 Å². The lowest BCUT2D eigenvalue weighted by molar-refractivity contribution is 0.0515. The van der Waals surface area contributed by atoms with Gasteiger partial charge in [-0.25, -0.2) is 14.0 Å². The van der Waals surface area contributed by atoms with Crippen molar-refractivity contribution in [3.63, 3.8) is 0 Å². The monoisotopic (exact) mass is 335 g/mol. The Morgan fingerprint density at radius 2 is 1.75 bits per heavy atom. The van der Waals surface area contributed by atoms with Crippen LogP contribution in [0.2, 0.25) is 0 Å². The number of nitrogens with zero attached hydrogens (tertiary/aromatic N) is 1. The quantitative estimate of drug-likeness (QED) is 0.873. The number of rotatable bonds is 2. The van der Waals surface area contributed by atoms with E-state index in [-0.39, 0.29) is 29.7 Å². The van der Waals surface area contributed by atoms with Gasteiger partial charge in [0.25, 0.3) is 0 Å². The van der Waals surface area contributed by atoms with Crippen LogP contribution in [0.1, 0.15) is 20.8 Å². The standard InChI is InChI=1S/C17H22FN3O3/c1-17(2,3)24-16(23)20-14-12-8-21(9-13(12)14)15(22)19-11-6-4-10(18)5-7-11/h4-7,12-14H,8-9H2,1-3H3,(H,19,22)(H,20,23). The topological polar surface area (TPSA) is 70.7 Å². The zero-order valence-electron chi connectivity index (χ0n) is 14.0. The fourth-order valence-electron chi connectivity index (χ4n) is 3.09. The molecule has 130 valence electrons. The van der Waals surface area contributed by atoms with Gasteiger partial charge in [-0.15, -0.1) is 0 Å². The van der Waals surface area contributed by atoms with Crippen molar-refractivity contribution in [2.24, 2.45) is 11.8 Å². The van der Waals surface area contributed by atoms with E-state index in [0.717, 1.165) is 0 Å². The average Bonchev–Trinajstić information content (AvgIpc) is 2.92. The van der Waals surface area contributed by atoms with Gasteiger partial charge in [0.15, 0.2) is 0 Å². The van der Waals surface area contributed by atoms with Gasteiger partial charge < -0.3 is 20.3 Å². The van der Waals surface area contributed by atoms with Gasteiger partial charge in [-0.3, -0.25) is 0 Å². The van der Waals surface area contributed by atoms with E-state index in [1.807, 2.05) is 20.8 Å². The molecule has 24 heavy (non-hydrogen) atoms. The van der Waals surface area contributed by atoms with E-state index in [4.69, 9.17) is 4.74 Å². The Morgan fingerprint density at radius 3 is 2.29 bits per heavy atom. The second kappa shape index (κ2) is 5.96. The molecular formula is C17H22FN3O3. The van der Waals surface area contributed by atoms with Crippen molar-refractivity contribution in [2.75, 3.05) is 18.4 Å². The summed E-state index contributed by atoms with van der Waals surface area (Å²) in [5.41, 5.74) is 0.0419. The molecule has 1 heterocycles.